The first-order valence-electron chi connectivity index (χ1n) is 5.35. The number of aliphatic hydroxyl groups excluding tert-OH is 1. The summed E-state index contributed by atoms with van der Waals surface area (Å²) in [5, 5.41) is 11.6. The van der Waals surface area contributed by atoms with E-state index >= 15 is 0 Å². The molecule has 0 spiro atoms. The summed E-state index contributed by atoms with van der Waals surface area (Å²) in [6.45, 7) is 1.99. The summed E-state index contributed by atoms with van der Waals surface area (Å²) in [5.74, 6) is -0.161. The number of nitrogens with one attached hydrogen (secondary N) is 1. The second-order valence-electron chi connectivity index (χ2n) is 3.82. The Morgan fingerprint density at radius 3 is 2.76 bits per heavy atom. The van der Waals surface area contributed by atoms with Crippen LogP contribution in [0.5, 0.6) is 0 Å². The lowest BCUT2D eigenvalue weighted by molar-refractivity contribution is -0.137. The second kappa shape index (κ2) is 5.86. The highest BCUT2D eigenvalue weighted by atomic mass is 19.4. The molecule has 1 aromatic heterocycles. The number of halogens is 3. The Hall–Kier alpha value is -1.30. The quantitative estimate of drug-likeness (QED) is 0.787. The molecule has 0 aromatic carbocycles. The van der Waals surface area contributed by atoms with Gasteiger partial charge in [0.1, 0.15) is 5.82 Å². The van der Waals surface area contributed by atoms with E-state index < -0.39 is 17.8 Å². The maximum absolute atomic E-state index is 12.6. The SMILES string of the molecule is CC(O)CCCNc1ncccc1C(F)(F)F. The van der Waals surface area contributed by atoms with Crippen LogP contribution in [0, 0.1) is 0 Å². The molecule has 0 amide bonds. The van der Waals surface area contributed by atoms with Crippen molar-refractivity contribution in [2.24, 2.45) is 0 Å². The lowest BCUT2D eigenvalue weighted by atomic mass is 10.2. The maximum Gasteiger partial charge on any atom is 0.419 e. The third kappa shape index (κ3) is 4.60. The molecule has 96 valence electrons. The predicted octanol–water partition coefficient (Wildman–Crippen LogP) is 2.67. The maximum atomic E-state index is 12.6. The monoisotopic (exact) mass is 248 g/mol. The fourth-order valence-corrected chi connectivity index (χ4v) is 1.38. The summed E-state index contributed by atoms with van der Waals surface area (Å²) in [4.78, 5) is 3.67. The fraction of sp³-hybridized carbons (Fsp3) is 0.545. The normalized spacial score (nSPS) is 13.5. The number of aromatic nitrogens is 1. The van der Waals surface area contributed by atoms with Gasteiger partial charge in [-0.05, 0) is 31.9 Å². The molecular formula is C11H15F3N2O. The molecule has 1 rings (SSSR count). The first-order valence-corrected chi connectivity index (χ1v) is 5.35. The molecule has 0 aliphatic heterocycles. The van der Waals surface area contributed by atoms with Gasteiger partial charge >= 0.3 is 6.18 Å². The molecule has 17 heavy (non-hydrogen) atoms. The molecule has 0 bridgehead atoms. The molecule has 1 unspecified atom stereocenters. The van der Waals surface area contributed by atoms with Crippen LogP contribution in [0.4, 0.5) is 19.0 Å². The van der Waals surface area contributed by atoms with Crippen molar-refractivity contribution in [1.29, 1.82) is 0 Å². The van der Waals surface area contributed by atoms with E-state index in [0.29, 0.717) is 19.4 Å². The Morgan fingerprint density at radius 1 is 1.47 bits per heavy atom. The lowest BCUT2D eigenvalue weighted by Crippen LogP contribution is -2.13. The topological polar surface area (TPSA) is 45.1 Å². The number of rotatable bonds is 5. The zero-order valence-electron chi connectivity index (χ0n) is 9.46. The molecule has 0 aliphatic rings. The predicted molar refractivity (Wildman–Crippen MR) is 58.6 cm³/mol. The molecule has 1 heterocycles. The number of nitrogens with zero attached hydrogens (tertiary/aromatic N) is 1. The summed E-state index contributed by atoms with van der Waals surface area (Å²) in [6.07, 6.45) is -2.40. The van der Waals surface area contributed by atoms with Crippen molar-refractivity contribution >= 4 is 5.82 Å². The van der Waals surface area contributed by atoms with Gasteiger partial charge in [0.25, 0.3) is 0 Å². The Kier molecular flexibility index (Phi) is 4.74. The van der Waals surface area contributed by atoms with Gasteiger partial charge in [-0.25, -0.2) is 4.98 Å². The van der Waals surface area contributed by atoms with Gasteiger partial charge in [-0.2, -0.15) is 13.2 Å². The van der Waals surface area contributed by atoms with Crippen LogP contribution in [0.1, 0.15) is 25.3 Å². The van der Waals surface area contributed by atoms with Crippen LogP contribution in [0.15, 0.2) is 18.3 Å². The van der Waals surface area contributed by atoms with Crippen molar-refractivity contribution < 1.29 is 18.3 Å². The van der Waals surface area contributed by atoms with Gasteiger partial charge in [0.15, 0.2) is 0 Å². The second-order valence-corrected chi connectivity index (χ2v) is 3.82. The molecule has 0 fully saturated rings. The minimum Gasteiger partial charge on any atom is -0.393 e. The minimum atomic E-state index is -4.40. The Morgan fingerprint density at radius 2 is 2.18 bits per heavy atom. The first kappa shape index (κ1) is 13.8. The third-order valence-corrected chi connectivity index (χ3v) is 2.20. The van der Waals surface area contributed by atoms with E-state index in [9.17, 15) is 13.2 Å². The lowest BCUT2D eigenvalue weighted by Gasteiger charge is -2.13. The van der Waals surface area contributed by atoms with Gasteiger partial charge in [-0.15, -0.1) is 0 Å². The van der Waals surface area contributed by atoms with Crippen LogP contribution in [-0.4, -0.2) is 22.7 Å². The largest absolute Gasteiger partial charge is 0.419 e. The van der Waals surface area contributed by atoms with E-state index in [1.165, 1.54) is 12.3 Å². The van der Waals surface area contributed by atoms with Crippen LogP contribution < -0.4 is 5.32 Å². The zero-order chi connectivity index (χ0) is 12.9. The summed E-state index contributed by atoms with van der Waals surface area (Å²) in [5.41, 5.74) is -0.767. The van der Waals surface area contributed by atoms with Crippen LogP contribution in [0.3, 0.4) is 0 Å². The molecule has 3 nitrogen and oxygen atoms in total. The van der Waals surface area contributed by atoms with Crippen molar-refractivity contribution in [1.82, 2.24) is 4.98 Å². The average Bonchev–Trinajstić information content (AvgIpc) is 2.23. The number of aliphatic hydroxyl groups is 1. The van der Waals surface area contributed by atoms with Crippen LogP contribution in [0.25, 0.3) is 0 Å². The standard InChI is InChI=1S/C11H15F3N2O/c1-8(17)4-2-6-15-10-9(11(12,13)14)5-3-7-16-10/h3,5,7-8,17H,2,4,6H2,1H3,(H,15,16). The van der Waals surface area contributed by atoms with E-state index in [1.54, 1.807) is 6.92 Å². The molecule has 1 atom stereocenters. The Bertz CT molecular complexity index is 353. The van der Waals surface area contributed by atoms with Gasteiger partial charge in [-0.3, -0.25) is 0 Å². The molecular weight excluding hydrogens is 233 g/mol. The van der Waals surface area contributed by atoms with Crippen molar-refractivity contribution in [3.8, 4) is 0 Å². The Labute approximate surface area is 97.7 Å². The third-order valence-electron chi connectivity index (χ3n) is 2.20. The van der Waals surface area contributed by atoms with Gasteiger partial charge in [0, 0.05) is 12.7 Å². The highest BCUT2D eigenvalue weighted by Crippen LogP contribution is 2.33. The summed E-state index contributed by atoms with van der Waals surface area (Å²) >= 11 is 0. The Balaban J connectivity index is 2.59. The first-order chi connectivity index (χ1) is 7.91. The molecule has 1 aromatic rings. The number of hydrogen-bond acceptors (Lipinski definition) is 3. The zero-order valence-corrected chi connectivity index (χ0v) is 9.46. The number of alkyl halides is 3. The van der Waals surface area contributed by atoms with E-state index in [2.05, 4.69) is 10.3 Å². The minimum absolute atomic E-state index is 0.161. The molecule has 0 radical (unpaired) electrons. The highest BCUT2D eigenvalue weighted by molar-refractivity contribution is 5.45. The number of hydrogen-bond donors (Lipinski definition) is 2. The van der Waals surface area contributed by atoms with Crippen LogP contribution >= 0.6 is 0 Å². The molecule has 2 N–H and O–H groups in total. The van der Waals surface area contributed by atoms with Gasteiger partial charge in [0.2, 0.25) is 0 Å². The van der Waals surface area contributed by atoms with Crippen molar-refractivity contribution in [2.45, 2.75) is 32.0 Å². The van der Waals surface area contributed by atoms with E-state index in [4.69, 9.17) is 5.11 Å². The van der Waals surface area contributed by atoms with E-state index in [0.717, 1.165) is 6.07 Å². The number of pyridine rings is 1. The highest BCUT2D eigenvalue weighted by Gasteiger charge is 2.33. The van der Waals surface area contributed by atoms with E-state index in [1.807, 2.05) is 0 Å². The fourth-order valence-electron chi connectivity index (χ4n) is 1.38. The van der Waals surface area contributed by atoms with Crippen molar-refractivity contribution in [3.05, 3.63) is 23.9 Å². The summed E-state index contributed by atoms with van der Waals surface area (Å²) in [7, 11) is 0. The summed E-state index contributed by atoms with van der Waals surface area (Å²) < 4.78 is 37.7. The van der Waals surface area contributed by atoms with Crippen molar-refractivity contribution in [2.75, 3.05) is 11.9 Å². The van der Waals surface area contributed by atoms with Crippen LogP contribution in [0.2, 0.25) is 0 Å². The van der Waals surface area contributed by atoms with Gasteiger partial charge in [-0.1, -0.05) is 0 Å². The molecule has 0 aliphatic carbocycles. The molecule has 0 saturated heterocycles. The molecule has 6 heteroatoms. The van der Waals surface area contributed by atoms with Crippen molar-refractivity contribution in [3.63, 3.8) is 0 Å². The van der Waals surface area contributed by atoms with Crippen LogP contribution in [-0.2, 0) is 6.18 Å². The van der Waals surface area contributed by atoms with Gasteiger partial charge in [0.05, 0.1) is 11.7 Å². The molecule has 0 saturated carbocycles. The number of anilines is 1. The smallest absolute Gasteiger partial charge is 0.393 e. The van der Waals surface area contributed by atoms with Gasteiger partial charge < -0.3 is 10.4 Å². The summed E-state index contributed by atoms with van der Waals surface area (Å²) in [6, 6.07) is 2.24. The van der Waals surface area contributed by atoms with E-state index in [-0.39, 0.29) is 5.82 Å². The average molecular weight is 248 g/mol.